The summed E-state index contributed by atoms with van der Waals surface area (Å²) in [7, 11) is 1.61. The van der Waals surface area contributed by atoms with E-state index in [0.717, 1.165) is 0 Å². The third kappa shape index (κ3) is 1.95. The van der Waals surface area contributed by atoms with Crippen LogP contribution in [-0.4, -0.2) is 15.6 Å². The Morgan fingerprint density at radius 2 is 2.18 bits per heavy atom. The molecule has 0 bridgehead atoms. The van der Waals surface area contributed by atoms with Gasteiger partial charge in [-0.25, -0.2) is 4.39 Å². The maximum absolute atomic E-state index is 13.7. The molecule has 1 aromatic heterocycles. The fourth-order valence-corrected chi connectivity index (χ4v) is 1.81. The molecule has 0 amide bonds. The highest BCUT2D eigenvalue weighted by Crippen LogP contribution is 2.22. The molecule has 1 aromatic carbocycles. The second-order valence-corrected chi connectivity index (χ2v) is 4.35. The van der Waals surface area contributed by atoms with E-state index in [1.54, 1.807) is 13.1 Å². The van der Waals surface area contributed by atoms with Crippen LogP contribution in [0.5, 0.6) is 0 Å². The lowest BCUT2D eigenvalue weighted by Gasteiger charge is -2.03. The predicted molar refractivity (Wildman–Crippen MR) is 65.2 cm³/mol. The molecule has 2 aromatic rings. The molecule has 0 aliphatic rings. The number of benzene rings is 1. The number of carbonyl (C=O) groups excluding carboxylic acids is 1. The SMILES string of the molecule is Cn1ncc(C(=O)c2cccc(Br)c2F)c1N. The second kappa shape index (κ2) is 4.29. The minimum atomic E-state index is -0.597. The van der Waals surface area contributed by atoms with Gasteiger partial charge in [-0.2, -0.15) is 5.10 Å². The van der Waals surface area contributed by atoms with Crippen molar-refractivity contribution in [1.82, 2.24) is 9.78 Å². The highest BCUT2D eigenvalue weighted by molar-refractivity contribution is 9.10. The maximum Gasteiger partial charge on any atom is 0.201 e. The van der Waals surface area contributed by atoms with Gasteiger partial charge in [-0.15, -0.1) is 0 Å². The monoisotopic (exact) mass is 297 g/mol. The van der Waals surface area contributed by atoms with E-state index in [4.69, 9.17) is 5.73 Å². The number of carbonyl (C=O) groups is 1. The zero-order valence-electron chi connectivity index (χ0n) is 8.95. The lowest BCUT2D eigenvalue weighted by Crippen LogP contribution is -2.08. The zero-order valence-corrected chi connectivity index (χ0v) is 10.5. The summed E-state index contributed by atoms with van der Waals surface area (Å²) in [6, 6.07) is 4.53. The number of nitrogen functional groups attached to an aromatic ring is 1. The molecule has 2 N–H and O–H groups in total. The lowest BCUT2D eigenvalue weighted by atomic mass is 10.1. The number of hydrogen-bond donors (Lipinski definition) is 1. The van der Waals surface area contributed by atoms with Gasteiger partial charge < -0.3 is 5.73 Å². The van der Waals surface area contributed by atoms with Gasteiger partial charge in [0.25, 0.3) is 0 Å². The molecule has 6 heteroatoms. The van der Waals surface area contributed by atoms with E-state index < -0.39 is 11.6 Å². The summed E-state index contributed by atoms with van der Waals surface area (Å²) in [4.78, 5) is 12.1. The molecule has 0 spiro atoms. The Balaban J connectivity index is 2.51. The summed E-state index contributed by atoms with van der Waals surface area (Å²) in [5, 5.41) is 3.85. The fraction of sp³-hybridized carbons (Fsp3) is 0.0909. The number of aromatic nitrogens is 2. The van der Waals surface area contributed by atoms with Crippen LogP contribution in [0.1, 0.15) is 15.9 Å². The summed E-state index contributed by atoms with van der Waals surface area (Å²) < 4.78 is 15.3. The van der Waals surface area contributed by atoms with Crippen LogP contribution in [0.2, 0.25) is 0 Å². The number of aryl methyl sites for hydroxylation is 1. The molecule has 0 radical (unpaired) electrons. The normalized spacial score (nSPS) is 10.5. The average Bonchev–Trinajstić information content (AvgIpc) is 2.63. The van der Waals surface area contributed by atoms with Crippen molar-refractivity contribution in [2.75, 3.05) is 5.73 Å². The molecule has 0 unspecified atom stereocenters. The molecule has 4 nitrogen and oxygen atoms in total. The Bertz CT molecular complexity index is 594. The van der Waals surface area contributed by atoms with Gasteiger partial charge in [0.15, 0.2) is 0 Å². The summed E-state index contributed by atoms with van der Waals surface area (Å²) in [6.07, 6.45) is 1.33. The molecule has 0 saturated heterocycles. The van der Waals surface area contributed by atoms with E-state index in [-0.39, 0.29) is 21.4 Å². The molecule has 0 aliphatic carbocycles. The molecule has 0 saturated carbocycles. The van der Waals surface area contributed by atoms with Gasteiger partial charge in [0.1, 0.15) is 11.6 Å². The fourth-order valence-electron chi connectivity index (χ4n) is 1.45. The molecule has 0 fully saturated rings. The van der Waals surface area contributed by atoms with Gasteiger partial charge in [-0.1, -0.05) is 6.07 Å². The summed E-state index contributed by atoms with van der Waals surface area (Å²) in [5.41, 5.74) is 5.84. The molecule has 0 atom stereocenters. The van der Waals surface area contributed by atoms with Crippen LogP contribution in [0.4, 0.5) is 10.2 Å². The van der Waals surface area contributed by atoms with Gasteiger partial charge in [0, 0.05) is 7.05 Å². The number of nitrogens with two attached hydrogens (primary N) is 1. The minimum absolute atomic E-state index is 0.0286. The standard InChI is InChI=1S/C11H9BrFN3O/c1-16-11(14)7(5-15-16)10(17)6-3-2-4-8(12)9(6)13/h2-5H,14H2,1H3. The van der Waals surface area contributed by atoms with Crippen molar-refractivity contribution >= 4 is 27.5 Å². The first-order chi connectivity index (χ1) is 8.02. The smallest absolute Gasteiger partial charge is 0.201 e. The van der Waals surface area contributed by atoms with Crippen molar-refractivity contribution in [1.29, 1.82) is 0 Å². The highest BCUT2D eigenvalue weighted by atomic mass is 79.9. The Hall–Kier alpha value is -1.69. The van der Waals surface area contributed by atoms with Gasteiger partial charge in [-0.3, -0.25) is 9.48 Å². The van der Waals surface area contributed by atoms with Crippen molar-refractivity contribution in [3.05, 3.63) is 45.8 Å². The van der Waals surface area contributed by atoms with Gasteiger partial charge in [0.05, 0.1) is 21.8 Å². The predicted octanol–water partition coefficient (Wildman–Crippen LogP) is 2.13. The number of rotatable bonds is 2. The number of nitrogens with zero attached hydrogens (tertiary/aromatic N) is 2. The summed E-state index contributed by atoms with van der Waals surface area (Å²) in [5.74, 6) is -0.857. The van der Waals surface area contributed by atoms with E-state index >= 15 is 0 Å². The third-order valence-electron chi connectivity index (χ3n) is 2.43. The molecule has 1 heterocycles. The van der Waals surface area contributed by atoms with E-state index in [1.807, 2.05) is 0 Å². The molecule has 2 rings (SSSR count). The van der Waals surface area contributed by atoms with Gasteiger partial charge in [0.2, 0.25) is 5.78 Å². The second-order valence-electron chi connectivity index (χ2n) is 3.50. The van der Waals surface area contributed by atoms with Crippen molar-refractivity contribution < 1.29 is 9.18 Å². The molecular weight excluding hydrogens is 289 g/mol. The first kappa shape index (κ1) is 11.8. The molecular formula is C11H9BrFN3O. The van der Waals surface area contributed by atoms with Crippen LogP contribution in [0.25, 0.3) is 0 Å². The van der Waals surface area contributed by atoms with Crippen LogP contribution in [-0.2, 0) is 7.05 Å². The number of halogens is 2. The van der Waals surface area contributed by atoms with Crippen molar-refractivity contribution in [2.24, 2.45) is 7.05 Å². The molecule has 0 aliphatic heterocycles. The first-order valence-corrected chi connectivity index (χ1v) is 5.58. The van der Waals surface area contributed by atoms with Gasteiger partial charge >= 0.3 is 0 Å². The summed E-state index contributed by atoms with van der Waals surface area (Å²) in [6.45, 7) is 0. The quantitative estimate of drug-likeness (QED) is 0.864. The Morgan fingerprint density at radius 1 is 1.47 bits per heavy atom. The number of ketones is 1. The Labute approximate surface area is 105 Å². The van der Waals surface area contributed by atoms with E-state index in [0.29, 0.717) is 0 Å². The van der Waals surface area contributed by atoms with Crippen LogP contribution in [0, 0.1) is 5.82 Å². The van der Waals surface area contributed by atoms with Crippen LogP contribution in [0.15, 0.2) is 28.9 Å². The zero-order chi connectivity index (χ0) is 12.6. The average molecular weight is 298 g/mol. The van der Waals surface area contributed by atoms with E-state index in [2.05, 4.69) is 21.0 Å². The van der Waals surface area contributed by atoms with Crippen LogP contribution in [0.3, 0.4) is 0 Å². The van der Waals surface area contributed by atoms with Crippen LogP contribution >= 0.6 is 15.9 Å². The van der Waals surface area contributed by atoms with Crippen molar-refractivity contribution in [3.8, 4) is 0 Å². The highest BCUT2D eigenvalue weighted by Gasteiger charge is 2.20. The topological polar surface area (TPSA) is 60.9 Å². The van der Waals surface area contributed by atoms with Crippen molar-refractivity contribution in [3.63, 3.8) is 0 Å². The molecule has 88 valence electrons. The summed E-state index contributed by atoms with van der Waals surface area (Å²) >= 11 is 3.03. The largest absolute Gasteiger partial charge is 0.383 e. The first-order valence-electron chi connectivity index (χ1n) is 4.78. The Kier molecular flexibility index (Phi) is 2.97. The van der Waals surface area contributed by atoms with Crippen molar-refractivity contribution in [2.45, 2.75) is 0 Å². The minimum Gasteiger partial charge on any atom is -0.383 e. The van der Waals surface area contributed by atoms with E-state index in [9.17, 15) is 9.18 Å². The Morgan fingerprint density at radius 3 is 2.76 bits per heavy atom. The number of hydrogen-bond acceptors (Lipinski definition) is 3. The van der Waals surface area contributed by atoms with Gasteiger partial charge in [-0.05, 0) is 28.1 Å². The third-order valence-corrected chi connectivity index (χ3v) is 3.04. The van der Waals surface area contributed by atoms with Crippen LogP contribution < -0.4 is 5.73 Å². The molecule has 17 heavy (non-hydrogen) atoms. The van der Waals surface area contributed by atoms with E-state index in [1.165, 1.54) is 23.0 Å². The number of anilines is 1. The lowest BCUT2D eigenvalue weighted by molar-refractivity contribution is 0.103. The maximum atomic E-state index is 13.7.